The minimum absolute atomic E-state index is 0.274. The summed E-state index contributed by atoms with van der Waals surface area (Å²) in [6, 6.07) is 6.34. The van der Waals surface area contributed by atoms with Gasteiger partial charge in [-0.2, -0.15) is 14.6 Å². The Kier molecular flexibility index (Phi) is 4.34. The molecule has 0 aliphatic carbocycles. The zero-order valence-corrected chi connectivity index (χ0v) is 12.8. The van der Waals surface area contributed by atoms with E-state index in [1.54, 1.807) is 13.2 Å². The summed E-state index contributed by atoms with van der Waals surface area (Å²) in [6.07, 6.45) is 1.35. The van der Waals surface area contributed by atoms with Crippen molar-refractivity contribution in [2.75, 3.05) is 12.4 Å². The van der Waals surface area contributed by atoms with Crippen LogP contribution in [0.3, 0.4) is 0 Å². The van der Waals surface area contributed by atoms with E-state index in [0.29, 0.717) is 22.9 Å². The molecule has 0 spiro atoms. The lowest BCUT2D eigenvalue weighted by molar-refractivity contribution is -0.118. The van der Waals surface area contributed by atoms with Gasteiger partial charge in [-0.1, -0.05) is 12.1 Å². The van der Waals surface area contributed by atoms with E-state index in [-0.39, 0.29) is 6.61 Å². The highest BCUT2D eigenvalue weighted by atomic mass is 19.1. The number of methoxy groups -OCH3 is 1. The number of nitrogens with zero attached hydrogens (tertiary/aromatic N) is 4. The van der Waals surface area contributed by atoms with Crippen molar-refractivity contribution < 1.29 is 13.9 Å². The van der Waals surface area contributed by atoms with Gasteiger partial charge in [0.15, 0.2) is 0 Å². The molecule has 3 rings (SSSR count). The second kappa shape index (κ2) is 6.59. The minimum Gasteiger partial charge on any atom is -0.378 e. The first kappa shape index (κ1) is 15.8. The van der Waals surface area contributed by atoms with Gasteiger partial charge in [0, 0.05) is 13.2 Å². The van der Waals surface area contributed by atoms with Crippen molar-refractivity contribution in [3.05, 3.63) is 53.7 Å². The van der Waals surface area contributed by atoms with Gasteiger partial charge < -0.3 is 15.8 Å². The van der Waals surface area contributed by atoms with Crippen molar-refractivity contribution in [1.82, 2.24) is 19.6 Å². The molecule has 9 heteroatoms. The number of carbonyl (C=O) groups excluding carboxylic acids is 1. The van der Waals surface area contributed by atoms with Crippen LogP contribution in [0.5, 0.6) is 0 Å². The number of amides is 1. The van der Waals surface area contributed by atoms with Crippen LogP contribution in [0, 0.1) is 5.82 Å². The molecule has 24 heavy (non-hydrogen) atoms. The highest BCUT2D eigenvalue weighted by Crippen LogP contribution is 2.21. The zero-order valence-electron chi connectivity index (χ0n) is 12.8. The van der Waals surface area contributed by atoms with Crippen LogP contribution < -0.4 is 11.1 Å². The maximum absolute atomic E-state index is 13.1. The molecule has 1 atom stereocenters. The molecule has 0 saturated heterocycles. The Bertz CT molecular complexity index is 864. The third kappa shape index (κ3) is 3.15. The van der Waals surface area contributed by atoms with Crippen molar-refractivity contribution >= 4 is 17.5 Å². The first-order valence-corrected chi connectivity index (χ1v) is 7.08. The molecule has 1 aromatic carbocycles. The van der Waals surface area contributed by atoms with Crippen molar-refractivity contribution in [1.29, 1.82) is 0 Å². The lowest BCUT2D eigenvalue weighted by Crippen LogP contribution is -2.28. The zero-order chi connectivity index (χ0) is 17.1. The highest BCUT2D eigenvalue weighted by molar-refractivity contribution is 5.84. The summed E-state index contributed by atoms with van der Waals surface area (Å²) in [5.41, 5.74) is 6.63. The van der Waals surface area contributed by atoms with Crippen LogP contribution >= 0.6 is 0 Å². The number of nitrogens with one attached hydrogen (secondary N) is 1. The summed E-state index contributed by atoms with van der Waals surface area (Å²) in [5, 5.41) is 7.08. The van der Waals surface area contributed by atoms with Crippen LogP contribution in [0.4, 0.5) is 10.2 Å². The fraction of sp³-hybridized carbons (Fsp3) is 0.200. The molecule has 0 fully saturated rings. The summed E-state index contributed by atoms with van der Waals surface area (Å²) >= 11 is 0. The molecule has 1 unspecified atom stereocenters. The van der Waals surface area contributed by atoms with E-state index >= 15 is 0 Å². The maximum atomic E-state index is 13.1. The van der Waals surface area contributed by atoms with Gasteiger partial charge in [-0.15, -0.1) is 0 Å². The summed E-state index contributed by atoms with van der Waals surface area (Å²) in [4.78, 5) is 20.2. The molecular weight excluding hydrogens is 315 g/mol. The predicted octanol–water partition coefficient (Wildman–Crippen LogP) is 1.05. The quantitative estimate of drug-likeness (QED) is 0.699. The van der Waals surface area contributed by atoms with Crippen molar-refractivity contribution in [3.8, 4) is 0 Å². The molecule has 3 N–H and O–H groups in total. The molecule has 0 bridgehead atoms. The van der Waals surface area contributed by atoms with E-state index in [4.69, 9.17) is 10.5 Å². The van der Waals surface area contributed by atoms with E-state index in [2.05, 4.69) is 20.4 Å². The number of hydrogen-bond acceptors (Lipinski definition) is 6. The van der Waals surface area contributed by atoms with Crippen molar-refractivity contribution in [2.24, 2.45) is 5.73 Å². The van der Waals surface area contributed by atoms with Crippen LogP contribution in [0.2, 0.25) is 0 Å². The third-order valence-electron chi connectivity index (χ3n) is 3.38. The van der Waals surface area contributed by atoms with E-state index in [1.165, 1.54) is 35.1 Å². The van der Waals surface area contributed by atoms with E-state index in [0.717, 1.165) is 0 Å². The first-order valence-electron chi connectivity index (χ1n) is 7.08. The number of aromatic nitrogens is 4. The molecule has 0 radical (unpaired) electrons. The predicted molar refractivity (Wildman–Crippen MR) is 83.5 cm³/mol. The Morgan fingerprint density at radius 1 is 1.42 bits per heavy atom. The number of hydrogen-bond donors (Lipinski definition) is 2. The van der Waals surface area contributed by atoms with E-state index < -0.39 is 17.8 Å². The molecule has 124 valence electrons. The van der Waals surface area contributed by atoms with Gasteiger partial charge in [-0.3, -0.25) is 4.79 Å². The number of nitrogens with two attached hydrogens (primary N) is 1. The molecular formula is C15H15FN6O2. The Morgan fingerprint density at radius 3 is 2.83 bits per heavy atom. The number of rotatable bonds is 6. The smallest absolute Gasteiger partial charge is 0.254 e. The van der Waals surface area contributed by atoms with Crippen LogP contribution in [0.15, 0.2) is 36.7 Å². The molecule has 3 aromatic rings. The summed E-state index contributed by atoms with van der Waals surface area (Å²) in [5.74, 6) is -0.182. The highest BCUT2D eigenvalue weighted by Gasteiger charge is 2.20. The first-order chi connectivity index (χ1) is 11.6. The molecule has 0 aliphatic heterocycles. The van der Waals surface area contributed by atoms with Crippen LogP contribution in [0.1, 0.15) is 17.3 Å². The molecule has 0 aliphatic rings. The Labute approximate surface area is 136 Å². The van der Waals surface area contributed by atoms with E-state index in [1.807, 2.05) is 0 Å². The van der Waals surface area contributed by atoms with Crippen LogP contribution in [-0.2, 0) is 16.1 Å². The van der Waals surface area contributed by atoms with Crippen LogP contribution in [0.25, 0.3) is 5.78 Å². The Balaban J connectivity index is 2.00. The number of primary amides is 1. The van der Waals surface area contributed by atoms with Crippen LogP contribution in [-0.4, -0.2) is 32.6 Å². The maximum Gasteiger partial charge on any atom is 0.254 e. The number of benzene rings is 1. The van der Waals surface area contributed by atoms with Crippen molar-refractivity contribution in [2.45, 2.75) is 12.6 Å². The number of anilines is 1. The lowest BCUT2D eigenvalue weighted by Gasteiger charge is -2.18. The van der Waals surface area contributed by atoms with Crippen molar-refractivity contribution in [3.63, 3.8) is 0 Å². The average molecular weight is 330 g/mol. The number of fused-ring (bicyclic) bond motifs is 1. The molecule has 0 saturated carbocycles. The largest absolute Gasteiger partial charge is 0.378 e. The van der Waals surface area contributed by atoms with E-state index in [9.17, 15) is 9.18 Å². The van der Waals surface area contributed by atoms with Gasteiger partial charge in [-0.25, -0.2) is 9.37 Å². The Morgan fingerprint density at radius 2 is 2.17 bits per heavy atom. The van der Waals surface area contributed by atoms with Gasteiger partial charge in [-0.05, 0) is 17.7 Å². The van der Waals surface area contributed by atoms with Gasteiger partial charge in [0.2, 0.25) is 5.91 Å². The monoisotopic (exact) mass is 330 g/mol. The summed E-state index contributed by atoms with van der Waals surface area (Å²) in [6.45, 7) is 0.274. The molecule has 1 amide bonds. The molecule has 2 aromatic heterocycles. The normalized spacial score (nSPS) is 12.2. The summed E-state index contributed by atoms with van der Waals surface area (Å²) < 4.78 is 19.6. The average Bonchev–Trinajstić information content (AvgIpc) is 3.02. The molecule has 8 nitrogen and oxygen atoms in total. The van der Waals surface area contributed by atoms with Gasteiger partial charge >= 0.3 is 0 Å². The van der Waals surface area contributed by atoms with Gasteiger partial charge in [0.1, 0.15) is 24.0 Å². The standard InChI is InChI=1S/C15H15FN6O2/c1-24-7-11-6-12(22-15(20-11)18-8-19-22)21-13(14(17)23)9-2-4-10(16)5-3-9/h2-6,8,13,21H,7H2,1H3,(H2,17,23). The van der Waals surface area contributed by atoms with Gasteiger partial charge in [0.25, 0.3) is 5.78 Å². The topological polar surface area (TPSA) is 107 Å². The summed E-state index contributed by atoms with van der Waals surface area (Å²) in [7, 11) is 1.55. The fourth-order valence-electron chi connectivity index (χ4n) is 2.31. The number of carbonyl (C=O) groups is 1. The number of ether oxygens (including phenoxy) is 1. The minimum atomic E-state index is -0.865. The fourth-order valence-corrected chi connectivity index (χ4v) is 2.31. The second-order valence-corrected chi connectivity index (χ2v) is 5.07. The molecule has 2 heterocycles. The number of halogens is 1. The Hall–Kier alpha value is -3.07. The second-order valence-electron chi connectivity index (χ2n) is 5.07. The lowest BCUT2D eigenvalue weighted by atomic mass is 10.1. The van der Waals surface area contributed by atoms with Gasteiger partial charge in [0.05, 0.1) is 12.3 Å². The SMILES string of the molecule is COCc1cc(NC(C(N)=O)c2ccc(F)cc2)n2ncnc2n1. The third-order valence-corrected chi connectivity index (χ3v) is 3.38.